The van der Waals surface area contributed by atoms with Crippen molar-refractivity contribution in [2.45, 2.75) is 17.7 Å². The predicted octanol–water partition coefficient (Wildman–Crippen LogP) is 2.56. The Kier molecular flexibility index (Phi) is 3.99. The summed E-state index contributed by atoms with van der Waals surface area (Å²) in [5, 5.41) is 5.19. The first-order valence-electron chi connectivity index (χ1n) is 7.78. The Hall–Kier alpha value is -1.03. The molecule has 9 heteroatoms. The molecule has 6 nitrogen and oxygen atoms in total. The van der Waals surface area contributed by atoms with Crippen molar-refractivity contribution < 1.29 is 18.0 Å². The van der Waals surface area contributed by atoms with Gasteiger partial charge in [-0.25, -0.2) is 18.5 Å². The summed E-state index contributed by atoms with van der Waals surface area (Å²) in [5.41, 5.74) is 0.336. The highest BCUT2D eigenvalue weighted by molar-refractivity contribution is 9.13. The fourth-order valence-electron chi connectivity index (χ4n) is 4.23. The molecule has 2 fully saturated rings. The van der Waals surface area contributed by atoms with Gasteiger partial charge in [-0.1, -0.05) is 12.2 Å². The number of rotatable bonds is 2. The molecule has 1 aromatic rings. The number of hydrogen-bond donors (Lipinski definition) is 1. The molecule has 0 radical (unpaired) electrons. The van der Waals surface area contributed by atoms with Crippen LogP contribution in [0.1, 0.15) is 12.8 Å². The van der Waals surface area contributed by atoms with E-state index in [0.29, 0.717) is 10.2 Å². The van der Waals surface area contributed by atoms with Gasteiger partial charge in [0.25, 0.3) is 0 Å². The van der Waals surface area contributed by atoms with Crippen LogP contribution in [0.25, 0.3) is 0 Å². The van der Waals surface area contributed by atoms with Crippen LogP contribution in [0.3, 0.4) is 0 Å². The summed E-state index contributed by atoms with van der Waals surface area (Å²) in [4.78, 5) is 27.0. The van der Waals surface area contributed by atoms with Crippen LogP contribution >= 0.6 is 31.9 Å². The van der Waals surface area contributed by atoms with E-state index in [1.54, 1.807) is 0 Å². The number of imide groups is 1. The molecule has 2 amide bonds. The molecule has 1 heterocycles. The van der Waals surface area contributed by atoms with E-state index < -0.39 is 10.0 Å². The zero-order chi connectivity index (χ0) is 18.1. The molecule has 0 aromatic heterocycles. The molecule has 1 saturated carbocycles. The number of amides is 2. The lowest BCUT2D eigenvalue weighted by atomic mass is 9.63. The van der Waals surface area contributed by atoms with Gasteiger partial charge in [0, 0.05) is 0 Å². The van der Waals surface area contributed by atoms with E-state index in [1.165, 1.54) is 17.0 Å². The van der Waals surface area contributed by atoms with Crippen molar-refractivity contribution in [3.8, 4) is 0 Å². The molecule has 4 aliphatic rings. The molecule has 4 atom stereocenters. The topological polar surface area (TPSA) is 97.5 Å². The third-order valence-corrected chi connectivity index (χ3v) is 8.71. The molecule has 2 bridgehead atoms. The van der Waals surface area contributed by atoms with E-state index >= 15 is 0 Å². The number of primary sulfonamides is 1. The number of benzene rings is 1. The summed E-state index contributed by atoms with van der Waals surface area (Å²) < 4.78 is 23.8. The van der Waals surface area contributed by atoms with Crippen LogP contribution in [0.15, 0.2) is 38.1 Å². The average molecular weight is 490 g/mol. The van der Waals surface area contributed by atoms with E-state index in [1.807, 2.05) is 0 Å². The molecular weight excluding hydrogens is 476 g/mol. The van der Waals surface area contributed by atoms with Crippen molar-refractivity contribution in [1.29, 1.82) is 0 Å². The fraction of sp³-hybridized carbons (Fsp3) is 0.375. The predicted molar refractivity (Wildman–Crippen MR) is 98.0 cm³/mol. The van der Waals surface area contributed by atoms with Gasteiger partial charge in [0.1, 0.15) is 0 Å². The Balaban J connectivity index is 1.80. The Morgan fingerprint density at radius 2 is 1.48 bits per heavy atom. The number of nitrogens with zero attached hydrogens (tertiary/aromatic N) is 1. The fourth-order valence-corrected chi connectivity index (χ4v) is 6.50. The highest BCUT2D eigenvalue weighted by Gasteiger charge is 2.57. The van der Waals surface area contributed by atoms with E-state index in [2.05, 4.69) is 44.0 Å². The molecule has 1 saturated heterocycles. The number of sulfonamides is 1. The minimum atomic E-state index is -3.93. The summed E-state index contributed by atoms with van der Waals surface area (Å²) in [6.07, 6.45) is 5.95. The standard InChI is InChI=1S/C16H14Br2N2O4S/c17-13-9(5-6-10(14(13)18)25(19,23)24)20-15(21)11-7-1-2-8(4-3-7)12(11)16(20)22/h1-2,5-8,11-12H,3-4H2,(H2,19,23,24). The zero-order valence-corrected chi connectivity index (χ0v) is 16.8. The molecule has 4 unspecified atom stereocenters. The van der Waals surface area contributed by atoms with Crippen LogP contribution in [-0.4, -0.2) is 20.2 Å². The molecule has 3 aliphatic carbocycles. The summed E-state index contributed by atoms with van der Waals surface area (Å²) in [6, 6.07) is 2.74. The largest absolute Gasteiger partial charge is 0.274 e. The number of nitrogens with two attached hydrogens (primary N) is 1. The van der Waals surface area contributed by atoms with Gasteiger partial charge in [-0.05, 0) is 68.7 Å². The van der Waals surface area contributed by atoms with Crippen molar-refractivity contribution >= 4 is 59.4 Å². The number of allylic oxidation sites excluding steroid dienone is 2. The van der Waals surface area contributed by atoms with Gasteiger partial charge in [-0.3, -0.25) is 9.59 Å². The van der Waals surface area contributed by atoms with Crippen LogP contribution in [-0.2, 0) is 19.6 Å². The third kappa shape index (κ3) is 2.47. The molecule has 0 spiro atoms. The van der Waals surface area contributed by atoms with E-state index in [9.17, 15) is 18.0 Å². The number of carbonyl (C=O) groups is 2. The lowest BCUT2D eigenvalue weighted by Gasteiger charge is -2.38. The maximum Gasteiger partial charge on any atom is 0.239 e. The van der Waals surface area contributed by atoms with Crippen LogP contribution in [0.4, 0.5) is 5.69 Å². The normalized spacial score (nSPS) is 30.9. The summed E-state index contributed by atoms with van der Waals surface area (Å²) in [6.45, 7) is 0. The molecular formula is C16H14Br2N2O4S. The molecule has 1 aliphatic heterocycles. The molecule has 2 N–H and O–H groups in total. The Labute approximate surface area is 161 Å². The number of hydrogen-bond acceptors (Lipinski definition) is 4. The highest BCUT2D eigenvalue weighted by atomic mass is 79.9. The van der Waals surface area contributed by atoms with Crippen molar-refractivity contribution in [2.24, 2.45) is 28.8 Å². The zero-order valence-electron chi connectivity index (χ0n) is 12.9. The average Bonchev–Trinajstić information content (AvgIpc) is 2.84. The Morgan fingerprint density at radius 1 is 0.960 bits per heavy atom. The summed E-state index contributed by atoms with van der Waals surface area (Å²) >= 11 is 6.50. The lowest BCUT2D eigenvalue weighted by Crippen LogP contribution is -2.38. The van der Waals surface area contributed by atoms with Crippen LogP contribution in [0.5, 0.6) is 0 Å². The van der Waals surface area contributed by atoms with Gasteiger partial charge in [-0.15, -0.1) is 0 Å². The Bertz CT molecular complexity index is 912. The van der Waals surface area contributed by atoms with Gasteiger partial charge in [0.05, 0.1) is 31.4 Å². The van der Waals surface area contributed by atoms with E-state index in [-0.39, 0.29) is 44.9 Å². The van der Waals surface area contributed by atoms with Crippen LogP contribution < -0.4 is 10.0 Å². The van der Waals surface area contributed by atoms with Crippen molar-refractivity contribution in [2.75, 3.05) is 4.90 Å². The quantitative estimate of drug-likeness (QED) is 0.509. The van der Waals surface area contributed by atoms with Crippen molar-refractivity contribution in [3.05, 3.63) is 33.2 Å². The maximum atomic E-state index is 13.0. The van der Waals surface area contributed by atoms with Crippen LogP contribution in [0, 0.1) is 23.7 Å². The first-order chi connectivity index (χ1) is 11.7. The number of anilines is 1. The second-order valence-electron chi connectivity index (χ2n) is 6.61. The minimum absolute atomic E-state index is 0.0994. The third-order valence-electron chi connectivity index (χ3n) is 5.33. The highest BCUT2D eigenvalue weighted by Crippen LogP contribution is 2.51. The van der Waals surface area contributed by atoms with Gasteiger partial charge < -0.3 is 0 Å². The number of halogens is 2. The second kappa shape index (κ2) is 5.73. The van der Waals surface area contributed by atoms with Gasteiger partial charge in [0.15, 0.2) is 0 Å². The van der Waals surface area contributed by atoms with Crippen molar-refractivity contribution in [3.63, 3.8) is 0 Å². The SMILES string of the molecule is NS(=O)(=O)c1ccc(N2C(=O)C3C4C=CC(CC4)C3C2=O)c(Br)c1Br. The number of fused-ring (bicyclic) bond motifs is 1. The summed E-state index contributed by atoms with van der Waals surface area (Å²) in [7, 11) is -3.93. The first kappa shape index (κ1) is 17.4. The van der Waals surface area contributed by atoms with E-state index in [4.69, 9.17) is 5.14 Å². The Morgan fingerprint density at radius 3 is 1.92 bits per heavy atom. The number of carbonyl (C=O) groups excluding carboxylic acids is 2. The maximum absolute atomic E-state index is 13.0. The molecule has 1 aromatic carbocycles. The van der Waals surface area contributed by atoms with Crippen LogP contribution in [0.2, 0.25) is 0 Å². The molecule has 5 rings (SSSR count). The van der Waals surface area contributed by atoms with Gasteiger partial charge >= 0.3 is 0 Å². The van der Waals surface area contributed by atoms with Crippen molar-refractivity contribution in [1.82, 2.24) is 0 Å². The summed E-state index contributed by atoms with van der Waals surface area (Å²) in [5.74, 6) is -0.876. The van der Waals surface area contributed by atoms with E-state index in [0.717, 1.165) is 12.8 Å². The smallest absolute Gasteiger partial charge is 0.239 e. The first-order valence-corrected chi connectivity index (χ1v) is 10.9. The van der Waals surface area contributed by atoms with Gasteiger partial charge in [0.2, 0.25) is 21.8 Å². The minimum Gasteiger partial charge on any atom is -0.274 e. The molecule has 132 valence electrons. The monoisotopic (exact) mass is 488 g/mol. The lowest BCUT2D eigenvalue weighted by molar-refractivity contribution is -0.124. The second-order valence-corrected chi connectivity index (χ2v) is 9.73. The van der Waals surface area contributed by atoms with Gasteiger partial charge in [-0.2, -0.15) is 0 Å². The molecule has 25 heavy (non-hydrogen) atoms.